The summed E-state index contributed by atoms with van der Waals surface area (Å²) in [6.07, 6.45) is 9.57. The summed E-state index contributed by atoms with van der Waals surface area (Å²) in [6.45, 7) is 2.80. The third kappa shape index (κ3) is 3.40. The number of fused-ring (bicyclic) bond motifs is 1. The predicted molar refractivity (Wildman–Crippen MR) is 128 cm³/mol. The van der Waals surface area contributed by atoms with Crippen molar-refractivity contribution in [3.8, 4) is 17.3 Å². The first kappa shape index (κ1) is 21.7. The van der Waals surface area contributed by atoms with Crippen LogP contribution in [0, 0.1) is 24.7 Å². The molecule has 35 heavy (non-hydrogen) atoms. The van der Waals surface area contributed by atoms with Crippen molar-refractivity contribution >= 4 is 10.0 Å². The first-order valence-electron chi connectivity index (χ1n) is 12.6. The van der Waals surface area contributed by atoms with Crippen molar-refractivity contribution in [3.63, 3.8) is 0 Å². The lowest BCUT2D eigenvalue weighted by atomic mass is 9.49. The average molecular weight is 495 g/mol. The molecule has 0 unspecified atom stereocenters. The fourth-order valence-electron chi connectivity index (χ4n) is 7.72. The molecule has 3 heterocycles. The summed E-state index contributed by atoms with van der Waals surface area (Å²) in [5.41, 5.74) is 4.55. The smallest absolute Gasteiger partial charge is 0.280 e. The zero-order chi connectivity index (χ0) is 23.9. The molecule has 0 atom stereocenters. The molecule has 0 saturated heterocycles. The quantitative estimate of drug-likeness (QED) is 0.547. The van der Waals surface area contributed by atoms with Crippen molar-refractivity contribution in [2.45, 2.75) is 63.8 Å². The second-order valence-corrected chi connectivity index (χ2v) is 13.3. The van der Waals surface area contributed by atoms with Crippen LogP contribution >= 0.6 is 0 Å². The molecule has 0 radical (unpaired) electrons. The summed E-state index contributed by atoms with van der Waals surface area (Å²) in [4.78, 5) is 4.90. The maximum atomic E-state index is 12.0. The summed E-state index contributed by atoms with van der Waals surface area (Å²) in [5.74, 6) is 3.74. The Bertz CT molecular complexity index is 1390. The summed E-state index contributed by atoms with van der Waals surface area (Å²) in [7, 11) is -3.23. The van der Waals surface area contributed by atoms with Crippen molar-refractivity contribution < 1.29 is 12.9 Å². The van der Waals surface area contributed by atoms with E-state index in [-0.39, 0.29) is 5.41 Å². The zero-order valence-corrected chi connectivity index (χ0v) is 21.0. The molecule has 2 aromatic heterocycles. The van der Waals surface area contributed by atoms with Crippen LogP contribution in [0.4, 0.5) is 0 Å². The average Bonchev–Trinajstić information content (AvgIpc) is 3.44. The third-order valence-corrected chi connectivity index (χ3v) is 10.2. The van der Waals surface area contributed by atoms with Gasteiger partial charge in [-0.25, -0.2) is 13.1 Å². The van der Waals surface area contributed by atoms with Gasteiger partial charge in [-0.05, 0) is 86.8 Å². The van der Waals surface area contributed by atoms with Gasteiger partial charge >= 0.3 is 0 Å². The highest BCUT2D eigenvalue weighted by Gasteiger charge is 2.54. The molecule has 4 fully saturated rings. The molecular weight excluding hydrogens is 464 g/mol. The van der Waals surface area contributed by atoms with E-state index in [1.54, 1.807) is 0 Å². The Morgan fingerprint density at radius 1 is 1.09 bits per heavy atom. The van der Waals surface area contributed by atoms with E-state index in [9.17, 15) is 8.42 Å². The molecule has 9 nitrogen and oxygen atoms in total. The van der Waals surface area contributed by atoms with E-state index in [1.807, 2.05) is 29.8 Å². The summed E-state index contributed by atoms with van der Waals surface area (Å²) >= 11 is 0. The topological polar surface area (TPSA) is 107 Å². The number of sulfonamides is 1. The minimum absolute atomic E-state index is 0.0738. The van der Waals surface area contributed by atoms with Crippen molar-refractivity contribution in [3.05, 3.63) is 40.8 Å². The molecule has 0 N–H and O–H groups in total. The van der Waals surface area contributed by atoms with Gasteiger partial charge in [0.05, 0.1) is 17.6 Å². The molecular formula is C25H30N6O3S. The lowest BCUT2D eigenvalue weighted by Gasteiger charge is -2.55. The second kappa shape index (κ2) is 7.46. The fourth-order valence-corrected chi connectivity index (χ4v) is 8.52. The molecule has 10 heteroatoms. The van der Waals surface area contributed by atoms with Crippen LogP contribution in [0.3, 0.4) is 0 Å². The number of aromatic nitrogens is 5. The number of benzene rings is 1. The highest BCUT2D eigenvalue weighted by molar-refractivity contribution is 7.88. The summed E-state index contributed by atoms with van der Waals surface area (Å²) in [5, 5.41) is 13.4. The molecule has 4 bridgehead atoms. The predicted octanol–water partition coefficient (Wildman–Crippen LogP) is 3.41. The minimum atomic E-state index is -3.23. The maximum Gasteiger partial charge on any atom is 0.280 e. The fraction of sp³-hybridized carbons (Fsp3) is 0.600. The Labute approximate surface area is 204 Å². The normalized spacial score (nSPS) is 30.1. The molecule has 3 aromatic rings. The number of hydrogen-bond donors (Lipinski definition) is 0. The van der Waals surface area contributed by atoms with Crippen LogP contribution in [0.25, 0.3) is 17.3 Å². The van der Waals surface area contributed by atoms with Gasteiger partial charge in [0.15, 0.2) is 11.5 Å². The standard InChI is InChI=1S/C25H30N6O3S/c1-15-22(23-26-24(28-34-23)25-11-16-8-17(12-25)10-18(9-16)13-25)27-29-31(15)21-5-3-4-19-14-30(35(2,32)33)7-6-20(19)21/h3-5,16-18H,6-14H2,1-2H3. The van der Waals surface area contributed by atoms with Crippen LogP contribution in [0.5, 0.6) is 0 Å². The molecule has 1 aliphatic heterocycles. The van der Waals surface area contributed by atoms with Crippen LogP contribution in [0.15, 0.2) is 22.7 Å². The summed E-state index contributed by atoms with van der Waals surface area (Å²) < 4.78 is 33.2. The zero-order valence-electron chi connectivity index (χ0n) is 20.1. The van der Waals surface area contributed by atoms with Gasteiger partial charge in [0, 0.05) is 18.5 Å². The first-order chi connectivity index (χ1) is 16.8. The van der Waals surface area contributed by atoms with Gasteiger partial charge in [0.25, 0.3) is 5.89 Å². The molecule has 4 aliphatic carbocycles. The van der Waals surface area contributed by atoms with Crippen LogP contribution < -0.4 is 0 Å². The molecule has 8 rings (SSSR count). The third-order valence-electron chi connectivity index (χ3n) is 8.94. The van der Waals surface area contributed by atoms with Crippen molar-refractivity contribution in [2.75, 3.05) is 12.8 Å². The Hall–Kier alpha value is -2.59. The van der Waals surface area contributed by atoms with E-state index < -0.39 is 10.0 Å². The monoisotopic (exact) mass is 494 g/mol. The Balaban J connectivity index is 1.21. The lowest BCUT2D eigenvalue weighted by Crippen LogP contribution is -2.49. The van der Waals surface area contributed by atoms with Crippen molar-refractivity contribution in [2.24, 2.45) is 17.8 Å². The van der Waals surface area contributed by atoms with E-state index in [0.717, 1.165) is 46.1 Å². The molecule has 0 spiro atoms. The van der Waals surface area contributed by atoms with E-state index in [1.165, 1.54) is 49.1 Å². The SMILES string of the molecule is Cc1c(-c2nc(C34CC5CC(CC(C5)C3)C4)no2)nnn1-c1cccc2c1CCN(S(C)(=O)=O)C2. The van der Waals surface area contributed by atoms with Crippen molar-refractivity contribution in [1.82, 2.24) is 29.4 Å². The van der Waals surface area contributed by atoms with E-state index in [4.69, 9.17) is 9.51 Å². The number of nitrogens with zero attached hydrogens (tertiary/aromatic N) is 6. The first-order valence-corrected chi connectivity index (χ1v) is 14.5. The highest BCUT2D eigenvalue weighted by atomic mass is 32.2. The van der Waals surface area contributed by atoms with Gasteiger partial charge in [-0.1, -0.05) is 22.5 Å². The summed E-state index contributed by atoms with van der Waals surface area (Å²) in [6, 6.07) is 5.94. The molecule has 1 aromatic carbocycles. The van der Waals surface area contributed by atoms with Crippen molar-refractivity contribution in [1.29, 1.82) is 0 Å². The van der Waals surface area contributed by atoms with Gasteiger partial charge in [0.1, 0.15) is 0 Å². The van der Waals surface area contributed by atoms with Gasteiger partial charge in [-0.15, -0.1) is 5.10 Å². The minimum Gasteiger partial charge on any atom is -0.332 e. The second-order valence-electron chi connectivity index (χ2n) is 11.3. The van der Waals surface area contributed by atoms with Gasteiger partial charge in [-0.2, -0.15) is 9.29 Å². The number of hydrogen-bond acceptors (Lipinski definition) is 7. The largest absolute Gasteiger partial charge is 0.332 e. The van der Waals surface area contributed by atoms with Gasteiger partial charge in [0.2, 0.25) is 10.0 Å². The van der Waals surface area contributed by atoms with E-state index in [0.29, 0.717) is 31.1 Å². The highest BCUT2D eigenvalue weighted by Crippen LogP contribution is 2.60. The molecule has 5 aliphatic rings. The maximum absolute atomic E-state index is 12.0. The van der Waals surface area contributed by atoms with E-state index >= 15 is 0 Å². The Morgan fingerprint density at radius 3 is 2.49 bits per heavy atom. The lowest BCUT2D eigenvalue weighted by molar-refractivity contribution is -0.0103. The molecule has 184 valence electrons. The van der Waals surface area contributed by atoms with Crippen LogP contribution in [0.2, 0.25) is 0 Å². The number of rotatable bonds is 4. The van der Waals surface area contributed by atoms with Crippen LogP contribution in [-0.4, -0.2) is 50.7 Å². The van der Waals surface area contributed by atoms with Gasteiger partial charge in [-0.3, -0.25) is 0 Å². The Kier molecular flexibility index (Phi) is 4.62. The molecule has 4 saturated carbocycles. The van der Waals surface area contributed by atoms with Gasteiger partial charge < -0.3 is 4.52 Å². The van der Waals surface area contributed by atoms with E-state index in [2.05, 4.69) is 15.5 Å². The Morgan fingerprint density at radius 2 is 1.80 bits per heavy atom. The molecule has 0 amide bonds. The van der Waals surface area contributed by atoms with Crippen LogP contribution in [0.1, 0.15) is 61.2 Å². The van der Waals surface area contributed by atoms with Crippen LogP contribution in [-0.2, 0) is 28.4 Å².